The fourth-order valence-corrected chi connectivity index (χ4v) is 2.50. The Morgan fingerprint density at radius 2 is 2.22 bits per heavy atom. The van der Waals surface area contributed by atoms with Gasteiger partial charge in [-0.2, -0.15) is 0 Å². The number of methoxy groups -OCH3 is 1. The summed E-state index contributed by atoms with van der Waals surface area (Å²) in [6.45, 7) is 2.03. The Morgan fingerprint density at radius 1 is 1.44 bits per heavy atom. The van der Waals surface area contributed by atoms with Crippen molar-refractivity contribution in [3.8, 4) is 5.75 Å². The number of carbonyl (C=O) groups is 1. The highest BCUT2D eigenvalue weighted by Crippen LogP contribution is 2.32. The predicted octanol–water partition coefficient (Wildman–Crippen LogP) is 2.27. The Balaban J connectivity index is 2.25. The summed E-state index contributed by atoms with van der Waals surface area (Å²) in [5, 5.41) is 12.3. The highest BCUT2D eigenvalue weighted by molar-refractivity contribution is 5.73. The average molecular weight is 249 g/mol. The molecule has 1 aliphatic heterocycles. The first-order chi connectivity index (χ1) is 8.61. The van der Waals surface area contributed by atoms with E-state index in [0.717, 1.165) is 29.7 Å². The number of piperidine rings is 1. The molecule has 0 aliphatic carbocycles. The van der Waals surface area contributed by atoms with Gasteiger partial charge in [0.1, 0.15) is 11.8 Å². The molecule has 1 fully saturated rings. The maximum atomic E-state index is 11.1. The van der Waals surface area contributed by atoms with Gasteiger partial charge in [0.2, 0.25) is 0 Å². The number of hydrogen-bond acceptors (Lipinski definition) is 3. The van der Waals surface area contributed by atoms with Gasteiger partial charge in [0, 0.05) is 11.6 Å². The van der Waals surface area contributed by atoms with Crippen LogP contribution in [-0.2, 0) is 4.79 Å². The van der Waals surface area contributed by atoms with Crippen LogP contribution in [0.25, 0.3) is 0 Å². The minimum absolute atomic E-state index is 0.0645. The lowest BCUT2D eigenvalue weighted by Gasteiger charge is -2.30. The van der Waals surface area contributed by atoms with Crippen molar-refractivity contribution in [1.82, 2.24) is 5.32 Å². The van der Waals surface area contributed by atoms with Gasteiger partial charge in [-0.05, 0) is 32.3 Å². The molecule has 1 aromatic carbocycles. The molecule has 0 amide bonds. The number of ether oxygens (including phenoxy) is 1. The first-order valence-corrected chi connectivity index (χ1v) is 6.25. The maximum Gasteiger partial charge on any atom is 0.320 e. The Labute approximate surface area is 107 Å². The predicted molar refractivity (Wildman–Crippen MR) is 68.9 cm³/mol. The molecule has 4 nitrogen and oxygen atoms in total. The lowest BCUT2D eigenvalue weighted by Crippen LogP contribution is -2.42. The highest BCUT2D eigenvalue weighted by Gasteiger charge is 2.28. The summed E-state index contributed by atoms with van der Waals surface area (Å²) < 4.78 is 5.36. The quantitative estimate of drug-likeness (QED) is 0.862. The van der Waals surface area contributed by atoms with Gasteiger partial charge in [-0.1, -0.05) is 17.7 Å². The summed E-state index contributed by atoms with van der Waals surface area (Å²) in [5.41, 5.74) is 2.22. The van der Waals surface area contributed by atoms with Crippen LogP contribution in [-0.4, -0.2) is 24.2 Å². The third-order valence-electron chi connectivity index (χ3n) is 3.45. The van der Waals surface area contributed by atoms with E-state index in [-0.39, 0.29) is 6.04 Å². The smallest absolute Gasteiger partial charge is 0.320 e. The van der Waals surface area contributed by atoms with Gasteiger partial charge in [-0.3, -0.25) is 10.1 Å². The molecule has 0 bridgehead atoms. The van der Waals surface area contributed by atoms with Crippen molar-refractivity contribution in [3.63, 3.8) is 0 Å². The number of benzene rings is 1. The van der Waals surface area contributed by atoms with Gasteiger partial charge in [-0.15, -0.1) is 0 Å². The lowest BCUT2D eigenvalue weighted by molar-refractivity contribution is -0.140. The van der Waals surface area contributed by atoms with E-state index in [1.807, 2.05) is 19.1 Å². The van der Waals surface area contributed by atoms with Crippen molar-refractivity contribution >= 4 is 5.97 Å². The number of rotatable bonds is 3. The molecule has 0 aromatic heterocycles. The van der Waals surface area contributed by atoms with E-state index < -0.39 is 12.0 Å². The minimum atomic E-state index is -0.772. The number of carboxylic acids is 1. The highest BCUT2D eigenvalue weighted by atomic mass is 16.5. The van der Waals surface area contributed by atoms with Crippen LogP contribution >= 0.6 is 0 Å². The number of carboxylic acid groups (broad SMARTS) is 1. The molecule has 1 heterocycles. The van der Waals surface area contributed by atoms with Crippen LogP contribution in [0.15, 0.2) is 18.2 Å². The second-order valence-electron chi connectivity index (χ2n) is 4.79. The molecule has 2 unspecified atom stereocenters. The van der Waals surface area contributed by atoms with Crippen molar-refractivity contribution in [1.29, 1.82) is 0 Å². The molecule has 18 heavy (non-hydrogen) atoms. The largest absolute Gasteiger partial charge is 0.496 e. The van der Waals surface area contributed by atoms with Crippen LogP contribution in [0.5, 0.6) is 5.75 Å². The molecule has 1 aromatic rings. The molecule has 0 radical (unpaired) electrons. The molecule has 4 heteroatoms. The number of hydrogen-bond donors (Lipinski definition) is 2. The minimum Gasteiger partial charge on any atom is -0.496 e. The van der Waals surface area contributed by atoms with Gasteiger partial charge in [0.05, 0.1) is 7.11 Å². The summed E-state index contributed by atoms with van der Waals surface area (Å²) in [5.74, 6) is 0.0514. The molecule has 2 atom stereocenters. The van der Waals surface area contributed by atoms with Crippen LogP contribution < -0.4 is 10.1 Å². The molecule has 1 aliphatic rings. The Hall–Kier alpha value is -1.55. The summed E-state index contributed by atoms with van der Waals surface area (Å²) >= 11 is 0. The van der Waals surface area contributed by atoms with Crippen molar-refractivity contribution < 1.29 is 14.6 Å². The molecule has 0 spiro atoms. The molecule has 1 saturated heterocycles. The lowest BCUT2D eigenvalue weighted by atomic mass is 9.92. The first-order valence-electron chi connectivity index (χ1n) is 6.25. The van der Waals surface area contributed by atoms with Crippen LogP contribution in [0.3, 0.4) is 0 Å². The van der Waals surface area contributed by atoms with Crippen molar-refractivity contribution in [2.45, 2.75) is 38.3 Å². The van der Waals surface area contributed by atoms with E-state index in [4.69, 9.17) is 9.84 Å². The first kappa shape index (κ1) is 12.9. The van der Waals surface area contributed by atoms with E-state index in [1.54, 1.807) is 7.11 Å². The van der Waals surface area contributed by atoms with Gasteiger partial charge in [0.25, 0.3) is 0 Å². The van der Waals surface area contributed by atoms with E-state index in [0.29, 0.717) is 6.42 Å². The number of aliphatic carboxylic acids is 1. The zero-order chi connectivity index (χ0) is 13.1. The monoisotopic (exact) mass is 249 g/mol. The Kier molecular flexibility index (Phi) is 3.87. The molecular formula is C14H19NO3. The van der Waals surface area contributed by atoms with Crippen LogP contribution in [0, 0.1) is 6.92 Å². The topological polar surface area (TPSA) is 58.6 Å². The standard InChI is InChI=1S/C14H19NO3/c1-9-6-7-13(18-2)10(8-9)11-4-3-5-12(15-11)14(16)17/h6-8,11-12,15H,3-5H2,1-2H3,(H,16,17). The fourth-order valence-electron chi connectivity index (χ4n) is 2.50. The number of aryl methyl sites for hydroxylation is 1. The van der Waals surface area contributed by atoms with Crippen LogP contribution in [0.1, 0.15) is 36.4 Å². The van der Waals surface area contributed by atoms with E-state index in [9.17, 15) is 4.79 Å². The average Bonchev–Trinajstić information content (AvgIpc) is 2.39. The van der Waals surface area contributed by atoms with E-state index >= 15 is 0 Å². The van der Waals surface area contributed by atoms with Gasteiger partial charge >= 0.3 is 5.97 Å². The zero-order valence-corrected chi connectivity index (χ0v) is 10.8. The molecular weight excluding hydrogens is 230 g/mol. The van der Waals surface area contributed by atoms with Crippen molar-refractivity contribution in [2.75, 3.05) is 7.11 Å². The Morgan fingerprint density at radius 3 is 2.89 bits per heavy atom. The third kappa shape index (κ3) is 2.64. The van der Waals surface area contributed by atoms with Crippen molar-refractivity contribution in [2.24, 2.45) is 0 Å². The SMILES string of the molecule is COc1ccc(C)cc1C1CCCC(C(=O)O)N1. The van der Waals surface area contributed by atoms with Crippen molar-refractivity contribution in [3.05, 3.63) is 29.3 Å². The fraction of sp³-hybridized carbons (Fsp3) is 0.500. The summed E-state index contributed by atoms with van der Waals surface area (Å²) in [4.78, 5) is 11.1. The molecule has 2 rings (SSSR count). The van der Waals surface area contributed by atoms with Crippen LogP contribution in [0.4, 0.5) is 0 Å². The van der Waals surface area contributed by atoms with Gasteiger partial charge in [-0.25, -0.2) is 0 Å². The van der Waals surface area contributed by atoms with E-state index in [2.05, 4.69) is 11.4 Å². The van der Waals surface area contributed by atoms with E-state index in [1.165, 1.54) is 0 Å². The van der Waals surface area contributed by atoms with Crippen LogP contribution in [0.2, 0.25) is 0 Å². The number of nitrogens with one attached hydrogen (secondary N) is 1. The maximum absolute atomic E-state index is 11.1. The summed E-state index contributed by atoms with van der Waals surface area (Å²) in [6, 6.07) is 5.63. The second kappa shape index (κ2) is 5.40. The molecule has 2 N–H and O–H groups in total. The summed E-state index contributed by atoms with van der Waals surface area (Å²) in [6.07, 6.45) is 2.56. The van der Waals surface area contributed by atoms with Gasteiger partial charge < -0.3 is 9.84 Å². The normalized spacial score (nSPS) is 23.7. The van der Waals surface area contributed by atoms with Gasteiger partial charge in [0.15, 0.2) is 0 Å². The third-order valence-corrected chi connectivity index (χ3v) is 3.45. The zero-order valence-electron chi connectivity index (χ0n) is 10.8. The summed E-state index contributed by atoms with van der Waals surface area (Å²) in [7, 11) is 1.64. The molecule has 0 saturated carbocycles. The second-order valence-corrected chi connectivity index (χ2v) is 4.79. The Bertz CT molecular complexity index is 445. The molecule has 98 valence electrons.